The monoisotopic (exact) mass is 253 g/mol. The highest BCUT2D eigenvalue weighted by Gasteiger charge is 2.37. The maximum atomic E-state index is 11.8. The summed E-state index contributed by atoms with van der Waals surface area (Å²) in [5.74, 6) is -0.861. The number of hydrogen-bond donors (Lipinski definition) is 2. The number of nitrogens with one attached hydrogen (secondary N) is 1. The van der Waals surface area contributed by atoms with E-state index in [1.54, 1.807) is 18.9 Å². The van der Waals surface area contributed by atoms with E-state index in [0.717, 1.165) is 0 Å². The van der Waals surface area contributed by atoms with Crippen LogP contribution in [0.4, 0.5) is 10.7 Å². The van der Waals surface area contributed by atoms with Crippen molar-refractivity contribution >= 4 is 17.9 Å². The zero-order chi connectivity index (χ0) is 13.3. The number of carboxylic acids is 1. The molecule has 8 heteroatoms. The van der Waals surface area contributed by atoms with E-state index in [4.69, 9.17) is 5.11 Å². The van der Waals surface area contributed by atoms with Crippen LogP contribution in [0.2, 0.25) is 0 Å². The summed E-state index contributed by atoms with van der Waals surface area (Å²) in [4.78, 5) is 28.0. The molecule has 1 aliphatic rings. The van der Waals surface area contributed by atoms with Gasteiger partial charge in [0.05, 0.1) is 5.92 Å². The van der Waals surface area contributed by atoms with Gasteiger partial charge in [-0.1, -0.05) is 6.92 Å². The maximum Gasteiger partial charge on any atom is 0.324 e. The summed E-state index contributed by atoms with van der Waals surface area (Å²) in [7, 11) is 1.67. The second-order valence-electron chi connectivity index (χ2n) is 4.43. The Morgan fingerprint density at radius 1 is 1.56 bits per heavy atom. The minimum atomic E-state index is -0.826. The Bertz CT molecular complexity index is 466. The number of hydrogen-bond acceptors (Lipinski definition) is 4. The number of rotatable bonds is 3. The lowest BCUT2D eigenvalue weighted by molar-refractivity contribution is -0.144. The molecular weight excluding hydrogens is 238 g/mol. The van der Waals surface area contributed by atoms with Gasteiger partial charge in [0.1, 0.15) is 6.33 Å². The molecule has 0 radical (unpaired) electrons. The molecule has 2 heterocycles. The second kappa shape index (κ2) is 4.63. The Morgan fingerprint density at radius 2 is 2.22 bits per heavy atom. The first-order chi connectivity index (χ1) is 8.49. The number of nitrogens with zero attached hydrogens (tertiary/aromatic N) is 4. The molecule has 2 rings (SSSR count). The van der Waals surface area contributed by atoms with E-state index in [2.05, 4.69) is 15.4 Å². The minimum Gasteiger partial charge on any atom is -0.481 e. The lowest BCUT2D eigenvalue weighted by Gasteiger charge is -2.40. The average Bonchev–Trinajstić information content (AvgIpc) is 2.62. The number of anilines is 1. The summed E-state index contributed by atoms with van der Waals surface area (Å²) in [6, 6.07) is -0.278. The first-order valence-corrected chi connectivity index (χ1v) is 5.61. The van der Waals surface area contributed by atoms with Gasteiger partial charge in [0.15, 0.2) is 0 Å². The highest BCUT2D eigenvalue weighted by molar-refractivity contribution is 5.88. The number of aromatic nitrogens is 3. The number of carbonyl (C=O) groups is 2. The van der Waals surface area contributed by atoms with Crippen molar-refractivity contribution < 1.29 is 14.7 Å². The van der Waals surface area contributed by atoms with Gasteiger partial charge in [0, 0.05) is 26.1 Å². The van der Waals surface area contributed by atoms with Crippen LogP contribution in [0.3, 0.4) is 0 Å². The number of carboxylic acid groups (broad SMARTS) is 1. The number of amides is 2. The van der Waals surface area contributed by atoms with E-state index in [-0.39, 0.29) is 11.9 Å². The molecule has 8 nitrogen and oxygen atoms in total. The number of urea groups is 1. The smallest absolute Gasteiger partial charge is 0.324 e. The SMILES string of the molecule is CC(C(=O)O)C1CN(C(=O)Nc2ncnn2C)C1. The van der Waals surface area contributed by atoms with Crippen LogP contribution in [0, 0.1) is 11.8 Å². The fourth-order valence-electron chi connectivity index (χ4n) is 1.78. The average molecular weight is 253 g/mol. The van der Waals surface area contributed by atoms with E-state index in [1.165, 1.54) is 11.0 Å². The van der Waals surface area contributed by atoms with Crippen molar-refractivity contribution in [3.8, 4) is 0 Å². The predicted molar refractivity (Wildman–Crippen MR) is 61.9 cm³/mol. The van der Waals surface area contributed by atoms with Crippen LogP contribution >= 0.6 is 0 Å². The molecule has 1 aliphatic heterocycles. The van der Waals surface area contributed by atoms with Crippen LogP contribution in [0.1, 0.15) is 6.92 Å². The Labute approximate surface area is 104 Å². The normalized spacial score (nSPS) is 17.1. The molecule has 1 saturated heterocycles. The Morgan fingerprint density at radius 3 is 2.72 bits per heavy atom. The Hall–Kier alpha value is -2.12. The van der Waals surface area contributed by atoms with Gasteiger partial charge in [-0.3, -0.25) is 10.1 Å². The van der Waals surface area contributed by atoms with Crippen LogP contribution in [-0.2, 0) is 11.8 Å². The number of likely N-dealkylation sites (tertiary alicyclic amines) is 1. The number of aliphatic carboxylic acids is 1. The van der Waals surface area contributed by atoms with E-state index >= 15 is 0 Å². The fourth-order valence-corrected chi connectivity index (χ4v) is 1.78. The van der Waals surface area contributed by atoms with E-state index in [0.29, 0.717) is 19.0 Å². The second-order valence-corrected chi connectivity index (χ2v) is 4.43. The van der Waals surface area contributed by atoms with Crippen LogP contribution in [-0.4, -0.2) is 49.9 Å². The molecule has 1 atom stereocenters. The van der Waals surface area contributed by atoms with Crippen LogP contribution < -0.4 is 5.32 Å². The van der Waals surface area contributed by atoms with Crippen molar-refractivity contribution in [1.82, 2.24) is 19.7 Å². The largest absolute Gasteiger partial charge is 0.481 e. The van der Waals surface area contributed by atoms with E-state index in [9.17, 15) is 9.59 Å². The number of aryl methyl sites for hydroxylation is 1. The summed E-state index contributed by atoms with van der Waals surface area (Å²) in [5.41, 5.74) is 0. The molecule has 1 unspecified atom stereocenters. The van der Waals surface area contributed by atoms with Crippen molar-refractivity contribution in [2.75, 3.05) is 18.4 Å². The molecule has 18 heavy (non-hydrogen) atoms. The standard InChI is InChI=1S/C10H15N5O3/c1-6(8(16)17)7-3-15(4-7)10(18)13-9-11-5-12-14(9)2/h5-7H,3-4H2,1-2H3,(H,16,17)(H,11,12,13,18). The summed E-state index contributed by atoms with van der Waals surface area (Å²) in [6.07, 6.45) is 1.35. The van der Waals surface area contributed by atoms with Crippen molar-refractivity contribution in [3.05, 3.63) is 6.33 Å². The summed E-state index contributed by atoms with van der Waals surface area (Å²) in [5, 5.41) is 15.3. The summed E-state index contributed by atoms with van der Waals surface area (Å²) in [6.45, 7) is 2.57. The molecule has 1 fully saturated rings. The third kappa shape index (κ3) is 2.27. The zero-order valence-corrected chi connectivity index (χ0v) is 10.2. The number of carbonyl (C=O) groups excluding carboxylic acids is 1. The maximum absolute atomic E-state index is 11.8. The summed E-state index contributed by atoms with van der Waals surface area (Å²) >= 11 is 0. The van der Waals surface area contributed by atoms with E-state index < -0.39 is 11.9 Å². The van der Waals surface area contributed by atoms with Crippen molar-refractivity contribution in [3.63, 3.8) is 0 Å². The first kappa shape index (κ1) is 12.3. The molecule has 98 valence electrons. The molecule has 1 aromatic heterocycles. The predicted octanol–water partition coefficient (Wildman–Crippen LogP) is -0.000500. The first-order valence-electron chi connectivity index (χ1n) is 5.61. The molecule has 2 N–H and O–H groups in total. The molecule has 1 aromatic rings. The van der Waals surface area contributed by atoms with Crippen molar-refractivity contribution in [1.29, 1.82) is 0 Å². The highest BCUT2D eigenvalue weighted by atomic mass is 16.4. The fraction of sp³-hybridized carbons (Fsp3) is 0.600. The van der Waals surface area contributed by atoms with Gasteiger partial charge in [0.25, 0.3) is 0 Å². The highest BCUT2D eigenvalue weighted by Crippen LogP contribution is 2.24. The minimum absolute atomic E-state index is 0.0211. The van der Waals surface area contributed by atoms with Gasteiger partial charge >= 0.3 is 12.0 Å². The summed E-state index contributed by atoms with van der Waals surface area (Å²) < 4.78 is 1.45. The van der Waals surface area contributed by atoms with Crippen LogP contribution in [0.5, 0.6) is 0 Å². The molecular formula is C10H15N5O3. The van der Waals surface area contributed by atoms with Crippen molar-refractivity contribution in [2.24, 2.45) is 18.9 Å². The van der Waals surface area contributed by atoms with Crippen molar-refractivity contribution in [2.45, 2.75) is 6.92 Å². The lowest BCUT2D eigenvalue weighted by Crippen LogP contribution is -2.54. The molecule has 0 bridgehead atoms. The molecule has 0 spiro atoms. The van der Waals surface area contributed by atoms with Gasteiger partial charge in [-0.15, -0.1) is 0 Å². The zero-order valence-electron chi connectivity index (χ0n) is 10.2. The topological polar surface area (TPSA) is 100 Å². The van der Waals surface area contributed by atoms with Crippen LogP contribution in [0.15, 0.2) is 6.33 Å². The molecule has 0 saturated carbocycles. The third-order valence-electron chi connectivity index (χ3n) is 3.22. The molecule has 0 aromatic carbocycles. The van der Waals surface area contributed by atoms with Crippen LogP contribution in [0.25, 0.3) is 0 Å². The van der Waals surface area contributed by atoms with Gasteiger partial charge < -0.3 is 10.0 Å². The Kier molecular flexibility index (Phi) is 3.17. The van der Waals surface area contributed by atoms with E-state index in [1.807, 2.05) is 0 Å². The van der Waals surface area contributed by atoms with Gasteiger partial charge in [0.2, 0.25) is 5.95 Å². The molecule has 2 amide bonds. The quantitative estimate of drug-likeness (QED) is 0.789. The van der Waals surface area contributed by atoms with Gasteiger partial charge in [-0.25, -0.2) is 9.48 Å². The van der Waals surface area contributed by atoms with Gasteiger partial charge in [-0.2, -0.15) is 10.1 Å². The molecule has 0 aliphatic carbocycles. The lowest BCUT2D eigenvalue weighted by atomic mass is 9.87. The Balaban J connectivity index is 1.84. The third-order valence-corrected chi connectivity index (χ3v) is 3.22. The van der Waals surface area contributed by atoms with Gasteiger partial charge in [-0.05, 0) is 0 Å².